The summed E-state index contributed by atoms with van der Waals surface area (Å²) >= 11 is 0. The lowest BCUT2D eigenvalue weighted by Gasteiger charge is -2.31. The van der Waals surface area contributed by atoms with E-state index in [9.17, 15) is 13.2 Å². The summed E-state index contributed by atoms with van der Waals surface area (Å²) in [6.07, 6.45) is 2.48. The molecule has 2 aliphatic rings. The number of rotatable bonds is 7. The third-order valence-electron chi connectivity index (χ3n) is 5.78. The molecule has 0 radical (unpaired) electrons. The number of nitrogens with zero attached hydrogens (tertiary/aromatic N) is 4. The average Bonchev–Trinajstić information content (AvgIpc) is 3.09. The monoisotopic (exact) mass is 437 g/mol. The summed E-state index contributed by atoms with van der Waals surface area (Å²) in [6.45, 7) is 7.99. The van der Waals surface area contributed by atoms with Crippen LogP contribution in [0.1, 0.15) is 37.4 Å². The lowest BCUT2D eigenvalue weighted by Crippen LogP contribution is -2.35. The minimum Gasteiger partial charge on any atom is -0.402 e. The summed E-state index contributed by atoms with van der Waals surface area (Å²) in [7, 11) is 0. The zero-order chi connectivity index (χ0) is 22.0. The van der Waals surface area contributed by atoms with Gasteiger partial charge in [0.15, 0.2) is 11.6 Å². The fourth-order valence-corrected chi connectivity index (χ4v) is 3.83. The molecular formula is C21H26F3N5O2. The first kappa shape index (κ1) is 21.5. The Morgan fingerprint density at radius 3 is 2.68 bits per heavy atom. The maximum absolute atomic E-state index is 12.7. The molecule has 31 heavy (non-hydrogen) atoms. The van der Waals surface area contributed by atoms with Gasteiger partial charge in [0.1, 0.15) is 5.82 Å². The van der Waals surface area contributed by atoms with E-state index in [-0.39, 0.29) is 5.82 Å². The SMILES string of the molecule is C=C(CCn1cc(-c2cnc(N)c(OC(F)(F)F)c2)nc1C1CCC1)N1CCOCC1. The second-order valence-electron chi connectivity index (χ2n) is 7.88. The van der Waals surface area contributed by atoms with Gasteiger partial charge in [-0.2, -0.15) is 0 Å². The molecule has 4 rings (SSSR count). The van der Waals surface area contributed by atoms with Gasteiger partial charge in [0.2, 0.25) is 0 Å². The zero-order valence-corrected chi connectivity index (χ0v) is 17.2. The molecule has 7 nitrogen and oxygen atoms in total. The molecule has 2 aromatic heterocycles. The van der Waals surface area contributed by atoms with Crippen molar-refractivity contribution in [2.24, 2.45) is 0 Å². The molecule has 10 heteroatoms. The Bertz CT molecular complexity index is 934. The maximum Gasteiger partial charge on any atom is 0.573 e. The van der Waals surface area contributed by atoms with Crippen LogP contribution in [-0.2, 0) is 11.3 Å². The van der Waals surface area contributed by atoms with Crippen molar-refractivity contribution < 1.29 is 22.6 Å². The maximum atomic E-state index is 12.7. The fourth-order valence-electron chi connectivity index (χ4n) is 3.83. The minimum atomic E-state index is -4.84. The highest BCUT2D eigenvalue weighted by atomic mass is 19.4. The summed E-state index contributed by atoms with van der Waals surface area (Å²) in [6, 6.07) is 1.24. The molecule has 0 bridgehead atoms. The number of halogens is 3. The van der Waals surface area contributed by atoms with E-state index in [0.717, 1.165) is 50.3 Å². The Balaban J connectivity index is 1.55. The Hall–Kier alpha value is -2.75. The van der Waals surface area contributed by atoms with Gasteiger partial charge >= 0.3 is 6.36 Å². The van der Waals surface area contributed by atoms with Gasteiger partial charge in [-0.15, -0.1) is 13.2 Å². The molecule has 0 spiro atoms. The number of hydrogen-bond acceptors (Lipinski definition) is 6. The highest BCUT2D eigenvalue weighted by Gasteiger charge is 2.32. The van der Waals surface area contributed by atoms with E-state index in [2.05, 4.69) is 25.8 Å². The van der Waals surface area contributed by atoms with Crippen molar-refractivity contribution in [3.8, 4) is 17.0 Å². The molecule has 0 atom stereocenters. The van der Waals surface area contributed by atoms with E-state index in [4.69, 9.17) is 15.5 Å². The standard InChI is InChI=1S/C21H26F3N5O2/c1-14(28-7-9-30-10-8-28)5-6-29-13-17(27-20(29)15-3-2-4-15)16-11-18(19(25)26-12-16)31-21(22,23)24/h11-13,15H,1-10H2,(H2,25,26). The van der Waals surface area contributed by atoms with Crippen molar-refractivity contribution in [2.75, 3.05) is 32.0 Å². The van der Waals surface area contributed by atoms with E-state index in [1.54, 1.807) is 0 Å². The topological polar surface area (TPSA) is 78.4 Å². The Morgan fingerprint density at radius 2 is 2.03 bits per heavy atom. The van der Waals surface area contributed by atoms with Crippen molar-refractivity contribution in [1.82, 2.24) is 19.4 Å². The molecule has 1 aliphatic heterocycles. The molecule has 2 aromatic rings. The number of nitrogen functional groups attached to an aromatic ring is 1. The number of aryl methyl sites for hydroxylation is 1. The third kappa shape index (κ3) is 5.12. The Labute approximate surface area is 178 Å². The van der Waals surface area contributed by atoms with Crippen molar-refractivity contribution in [1.29, 1.82) is 0 Å². The molecule has 0 aromatic carbocycles. The second kappa shape index (κ2) is 8.78. The van der Waals surface area contributed by atoms with Gasteiger partial charge in [0.05, 0.1) is 18.9 Å². The average molecular weight is 437 g/mol. The zero-order valence-electron chi connectivity index (χ0n) is 17.2. The summed E-state index contributed by atoms with van der Waals surface area (Å²) in [5.74, 6) is 0.469. The number of allylic oxidation sites excluding steroid dienone is 1. The first-order chi connectivity index (χ1) is 14.8. The van der Waals surface area contributed by atoms with Gasteiger partial charge in [0, 0.05) is 55.6 Å². The van der Waals surface area contributed by atoms with Gasteiger partial charge in [-0.3, -0.25) is 0 Å². The van der Waals surface area contributed by atoms with Gasteiger partial charge in [-0.1, -0.05) is 13.0 Å². The third-order valence-corrected chi connectivity index (χ3v) is 5.78. The molecule has 1 saturated carbocycles. The lowest BCUT2D eigenvalue weighted by atomic mass is 9.85. The second-order valence-corrected chi connectivity index (χ2v) is 7.88. The predicted molar refractivity (Wildman–Crippen MR) is 109 cm³/mol. The van der Waals surface area contributed by atoms with Gasteiger partial charge < -0.3 is 24.7 Å². The Morgan fingerprint density at radius 1 is 1.29 bits per heavy atom. The van der Waals surface area contributed by atoms with Crippen LogP contribution in [0, 0.1) is 0 Å². The number of anilines is 1. The van der Waals surface area contributed by atoms with E-state index in [0.29, 0.717) is 36.9 Å². The minimum absolute atomic E-state index is 0.318. The van der Waals surface area contributed by atoms with E-state index < -0.39 is 12.1 Å². The van der Waals surface area contributed by atoms with Crippen molar-refractivity contribution in [2.45, 2.75) is 44.5 Å². The number of morpholine rings is 1. The first-order valence-electron chi connectivity index (χ1n) is 10.4. The summed E-state index contributed by atoms with van der Waals surface area (Å²) in [4.78, 5) is 10.8. The van der Waals surface area contributed by atoms with Crippen LogP contribution in [0.5, 0.6) is 5.75 Å². The molecule has 1 aliphatic carbocycles. The van der Waals surface area contributed by atoms with Crippen LogP contribution in [0.15, 0.2) is 30.7 Å². The molecule has 1 saturated heterocycles. The van der Waals surface area contributed by atoms with E-state index >= 15 is 0 Å². The van der Waals surface area contributed by atoms with Crippen molar-refractivity contribution in [3.63, 3.8) is 0 Å². The van der Waals surface area contributed by atoms with Gasteiger partial charge in [0.25, 0.3) is 0 Å². The van der Waals surface area contributed by atoms with Crippen molar-refractivity contribution in [3.05, 3.63) is 36.6 Å². The van der Waals surface area contributed by atoms with Crippen LogP contribution >= 0.6 is 0 Å². The number of aromatic nitrogens is 3. The fraction of sp³-hybridized carbons (Fsp3) is 0.524. The Kier molecular flexibility index (Phi) is 6.08. The lowest BCUT2D eigenvalue weighted by molar-refractivity contribution is -0.274. The molecule has 2 N–H and O–H groups in total. The normalized spacial score (nSPS) is 17.5. The molecule has 3 heterocycles. The number of imidazole rings is 1. The van der Waals surface area contributed by atoms with Crippen LogP contribution in [0.3, 0.4) is 0 Å². The highest BCUT2D eigenvalue weighted by molar-refractivity contribution is 5.63. The molecule has 2 fully saturated rings. The van der Waals surface area contributed by atoms with Gasteiger partial charge in [-0.05, 0) is 18.9 Å². The van der Waals surface area contributed by atoms with Crippen molar-refractivity contribution >= 4 is 5.82 Å². The number of ether oxygens (including phenoxy) is 2. The summed E-state index contributed by atoms with van der Waals surface area (Å²) < 4.78 is 49.5. The molecule has 0 amide bonds. The quantitative estimate of drug-likeness (QED) is 0.707. The highest BCUT2D eigenvalue weighted by Crippen LogP contribution is 2.38. The molecular weight excluding hydrogens is 411 g/mol. The number of nitrogens with two attached hydrogens (primary N) is 1. The largest absolute Gasteiger partial charge is 0.573 e. The number of hydrogen-bond donors (Lipinski definition) is 1. The van der Waals surface area contributed by atoms with E-state index in [1.165, 1.54) is 12.3 Å². The predicted octanol–water partition coefficient (Wildman–Crippen LogP) is 3.93. The van der Waals surface area contributed by atoms with Gasteiger partial charge in [-0.25, -0.2) is 9.97 Å². The van der Waals surface area contributed by atoms with Crippen LogP contribution in [0.2, 0.25) is 0 Å². The molecule has 0 unspecified atom stereocenters. The van der Waals surface area contributed by atoms with E-state index in [1.807, 2.05) is 6.20 Å². The molecule has 168 valence electrons. The van der Waals surface area contributed by atoms with Crippen LogP contribution in [0.4, 0.5) is 19.0 Å². The van der Waals surface area contributed by atoms with Crippen LogP contribution < -0.4 is 10.5 Å². The first-order valence-corrected chi connectivity index (χ1v) is 10.4. The van der Waals surface area contributed by atoms with Crippen LogP contribution in [0.25, 0.3) is 11.3 Å². The summed E-state index contributed by atoms with van der Waals surface area (Å²) in [5, 5.41) is 0. The summed E-state index contributed by atoms with van der Waals surface area (Å²) in [5.41, 5.74) is 7.59. The van der Waals surface area contributed by atoms with Crippen LogP contribution in [-0.4, -0.2) is 52.1 Å². The smallest absolute Gasteiger partial charge is 0.402 e. The number of pyridine rings is 1. The number of alkyl halides is 3.